The van der Waals surface area contributed by atoms with Gasteiger partial charge in [0.15, 0.2) is 5.84 Å². The molecule has 0 amide bonds. The topological polar surface area (TPSA) is 103 Å². The first-order valence-electron chi connectivity index (χ1n) is 6.29. The highest BCUT2D eigenvalue weighted by Gasteiger charge is 2.05. The maximum absolute atomic E-state index is 8.62. The molecule has 7 nitrogen and oxygen atoms in total. The summed E-state index contributed by atoms with van der Waals surface area (Å²) in [7, 11) is 1.67. The number of oxime groups is 1. The highest BCUT2D eigenvalue weighted by Crippen LogP contribution is 2.18. The van der Waals surface area contributed by atoms with E-state index in [0.29, 0.717) is 18.1 Å². The molecule has 0 unspecified atom stereocenters. The molecule has 0 atom stereocenters. The van der Waals surface area contributed by atoms with Crippen LogP contribution in [0.5, 0.6) is 11.8 Å². The summed E-state index contributed by atoms with van der Waals surface area (Å²) in [5.74, 6) is 0.505. The predicted molar refractivity (Wildman–Crippen MR) is 76.6 cm³/mol. The largest absolute Gasteiger partial charge is 0.424 e. The van der Waals surface area contributed by atoms with Crippen molar-refractivity contribution >= 4 is 5.84 Å². The SMILES string of the molecule is COCCc1ccc(Oc2nccc(/C(N)=N/O)n2)cc1. The highest BCUT2D eigenvalue weighted by molar-refractivity contribution is 5.95. The van der Waals surface area contributed by atoms with Gasteiger partial charge in [-0.2, -0.15) is 4.98 Å². The Morgan fingerprint density at radius 1 is 1.29 bits per heavy atom. The van der Waals surface area contributed by atoms with Gasteiger partial charge in [0.05, 0.1) is 6.61 Å². The minimum absolute atomic E-state index is 0.0998. The van der Waals surface area contributed by atoms with Crippen molar-refractivity contribution in [3.8, 4) is 11.8 Å². The first kappa shape index (κ1) is 14.7. The van der Waals surface area contributed by atoms with Crippen molar-refractivity contribution in [2.24, 2.45) is 10.9 Å². The van der Waals surface area contributed by atoms with E-state index >= 15 is 0 Å². The average molecular weight is 288 g/mol. The average Bonchev–Trinajstić information content (AvgIpc) is 2.53. The second-order valence-corrected chi connectivity index (χ2v) is 4.20. The van der Waals surface area contributed by atoms with Crippen LogP contribution in [0, 0.1) is 0 Å². The van der Waals surface area contributed by atoms with Crippen LogP contribution in [0.15, 0.2) is 41.7 Å². The smallest absolute Gasteiger partial charge is 0.322 e. The highest BCUT2D eigenvalue weighted by atomic mass is 16.5. The lowest BCUT2D eigenvalue weighted by atomic mass is 10.1. The van der Waals surface area contributed by atoms with Gasteiger partial charge in [-0.15, -0.1) is 0 Å². The molecule has 0 aliphatic heterocycles. The molecular formula is C14H16N4O3. The van der Waals surface area contributed by atoms with E-state index in [-0.39, 0.29) is 11.8 Å². The molecule has 0 aliphatic rings. The molecular weight excluding hydrogens is 272 g/mol. The lowest BCUT2D eigenvalue weighted by Gasteiger charge is -2.06. The summed E-state index contributed by atoms with van der Waals surface area (Å²) in [6.07, 6.45) is 2.31. The van der Waals surface area contributed by atoms with Crippen LogP contribution in [-0.2, 0) is 11.2 Å². The summed E-state index contributed by atoms with van der Waals surface area (Å²) in [6.45, 7) is 0.672. The molecule has 21 heavy (non-hydrogen) atoms. The molecule has 0 saturated carbocycles. The van der Waals surface area contributed by atoms with E-state index in [0.717, 1.165) is 12.0 Å². The molecule has 0 bridgehead atoms. The molecule has 0 spiro atoms. The molecule has 0 radical (unpaired) electrons. The Labute approximate surface area is 122 Å². The second-order valence-electron chi connectivity index (χ2n) is 4.20. The van der Waals surface area contributed by atoms with E-state index < -0.39 is 0 Å². The summed E-state index contributed by atoms with van der Waals surface area (Å²) in [6, 6.07) is 9.19. The van der Waals surface area contributed by atoms with E-state index in [1.807, 2.05) is 24.3 Å². The van der Waals surface area contributed by atoms with Gasteiger partial charge in [-0.05, 0) is 30.2 Å². The van der Waals surface area contributed by atoms with Gasteiger partial charge in [0, 0.05) is 13.3 Å². The Kier molecular flexibility index (Phi) is 5.05. The Morgan fingerprint density at radius 3 is 2.71 bits per heavy atom. The molecule has 2 aromatic rings. The first-order chi connectivity index (χ1) is 10.2. The Balaban J connectivity index is 2.07. The number of amidine groups is 1. The standard InChI is InChI=1S/C14H16N4O3/c1-20-9-7-10-2-4-11(5-3-10)21-14-16-8-6-12(17-14)13(15)18-19/h2-6,8,19H,7,9H2,1H3,(H2,15,18). The Morgan fingerprint density at radius 2 is 2.05 bits per heavy atom. The van der Waals surface area contributed by atoms with E-state index in [9.17, 15) is 0 Å². The van der Waals surface area contributed by atoms with E-state index in [2.05, 4.69) is 15.1 Å². The third-order valence-electron chi connectivity index (χ3n) is 2.73. The molecule has 0 aliphatic carbocycles. The quantitative estimate of drug-likeness (QED) is 0.362. The van der Waals surface area contributed by atoms with Gasteiger partial charge < -0.3 is 20.4 Å². The predicted octanol–water partition coefficient (Wildman–Crippen LogP) is 1.55. The zero-order valence-corrected chi connectivity index (χ0v) is 11.6. The molecule has 1 heterocycles. The monoisotopic (exact) mass is 288 g/mol. The van der Waals surface area contributed by atoms with Crippen LogP contribution in [0.1, 0.15) is 11.3 Å². The summed E-state index contributed by atoms with van der Waals surface area (Å²) in [5.41, 5.74) is 6.90. The minimum Gasteiger partial charge on any atom is -0.424 e. The van der Waals surface area contributed by atoms with E-state index in [1.165, 1.54) is 12.3 Å². The van der Waals surface area contributed by atoms with Crippen LogP contribution in [0.25, 0.3) is 0 Å². The summed E-state index contributed by atoms with van der Waals surface area (Å²) in [5, 5.41) is 11.5. The van der Waals surface area contributed by atoms with Crippen LogP contribution in [0.3, 0.4) is 0 Å². The molecule has 0 saturated heterocycles. The van der Waals surface area contributed by atoms with Crippen molar-refractivity contribution in [3.63, 3.8) is 0 Å². The number of rotatable bonds is 6. The molecule has 110 valence electrons. The number of hydrogen-bond acceptors (Lipinski definition) is 6. The Bertz CT molecular complexity index is 614. The summed E-state index contributed by atoms with van der Waals surface area (Å²) < 4.78 is 10.6. The molecule has 1 aromatic carbocycles. The zero-order chi connectivity index (χ0) is 15.1. The number of ether oxygens (including phenoxy) is 2. The minimum atomic E-state index is -0.0998. The molecule has 0 fully saturated rings. The van der Waals surface area contributed by atoms with Gasteiger partial charge in [-0.3, -0.25) is 0 Å². The molecule has 3 N–H and O–H groups in total. The molecule has 1 aromatic heterocycles. The van der Waals surface area contributed by atoms with Crippen LogP contribution in [0.4, 0.5) is 0 Å². The second kappa shape index (κ2) is 7.20. The lowest BCUT2D eigenvalue weighted by Crippen LogP contribution is -2.15. The number of nitrogens with zero attached hydrogens (tertiary/aromatic N) is 3. The zero-order valence-electron chi connectivity index (χ0n) is 11.6. The van der Waals surface area contributed by atoms with Crippen molar-refractivity contribution in [3.05, 3.63) is 47.8 Å². The number of benzene rings is 1. The fraction of sp³-hybridized carbons (Fsp3) is 0.214. The number of aromatic nitrogens is 2. The fourth-order valence-electron chi connectivity index (χ4n) is 1.63. The van der Waals surface area contributed by atoms with Gasteiger partial charge in [-0.1, -0.05) is 17.3 Å². The van der Waals surface area contributed by atoms with Gasteiger partial charge in [0.25, 0.3) is 0 Å². The molecule has 2 rings (SSSR count). The van der Waals surface area contributed by atoms with Crippen molar-refractivity contribution in [2.75, 3.05) is 13.7 Å². The van der Waals surface area contributed by atoms with Gasteiger partial charge in [-0.25, -0.2) is 4.98 Å². The third-order valence-corrected chi connectivity index (χ3v) is 2.73. The van der Waals surface area contributed by atoms with Gasteiger partial charge in [0.2, 0.25) is 0 Å². The van der Waals surface area contributed by atoms with Crippen molar-refractivity contribution in [2.45, 2.75) is 6.42 Å². The van der Waals surface area contributed by atoms with Crippen molar-refractivity contribution < 1.29 is 14.7 Å². The van der Waals surface area contributed by atoms with Crippen molar-refractivity contribution in [1.82, 2.24) is 9.97 Å². The van der Waals surface area contributed by atoms with Crippen LogP contribution in [0.2, 0.25) is 0 Å². The Hall–Kier alpha value is -2.67. The van der Waals surface area contributed by atoms with E-state index in [1.54, 1.807) is 7.11 Å². The van der Waals surface area contributed by atoms with Crippen LogP contribution < -0.4 is 10.5 Å². The number of nitrogens with two attached hydrogens (primary N) is 1. The van der Waals surface area contributed by atoms with Gasteiger partial charge >= 0.3 is 6.01 Å². The number of hydrogen-bond donors (Lipinski definition) is 2. The first-order valence-corrected chi connectivity index (χ1v) is 6.29. The van der Waals surface area contributed by atoms with Gasteiger partial charge in [0.1, 0.15) is 11.4 Å². The van der Waals surface area contributed by atoms with Crippen LogP contribution in [-0.4, -0.2) is 34.7 Å². The summed E-state index contributed by atoms with van der Waals surface area (Å²) >= 11 is 0. The maximum Gasteiger partial charge on any atom is 0.322 e. The fourth-order valence-corrected chi connectivity index (χ4v) is 1.63. The number of methoxy groups -OCH3 is 1. The van der Waals surface area contributed by atoms with Crippen LogP contribution >= 0.6 is 0 Å². The normalized spacial score (nSPS) is 11.4. The third kappa shape index (κ3) is 4.15. The molecule has 7 heteroatoms. The summed E-state index contributed by atoms with van der Waals surface area (Å²) in [4.78, 5) is 8.02. The maximum atomic E-state index is 8.62. The van der Waals surface area contributed by atoms with E-state index in [4.69, 9.17) is 20.4 Å². The van der Waals surface area contributed by atoms with Crippen molar-refractivity contribution in [1.29, 1.82) is 0 Å². The lowest BCUT2D eigenvalue weighted by molar-refractivity contribution is 0.202.